The van der Waals surface area contributed by atoms with Crippen molar-refractivity contribution in [1.29, 1.82) is 0 Å². The lowest BCUT2D eigenvalue weighted by Gasteiger charge is -2.03. The van der Waals surface area contributed by atoms with Gasteiger partial charge >= 0.3 is 0 Å². The largest absolute Gasteiger partial charge is 0.319 e. The minimum absolute atomic E-state index is 0.263. The molecule has 23 heavy (non-hydrogen) atoms. The summed E-state index contributed by atoms with van der Waals surface area (Å²) in [6, 6.07) is 11.7. The number of halogens is 2. The maximum absolute atomic E-state index is 13.6. The molecule has 2 aromatic carbocycles. The summed E-state index contributed by atoms with van der Waals surface area (Å²) >= 11 is 0. The molecule has 0 saturated heterocycles. The van der Waals surface area contributed by atoms with Crippen molar-refractivity contribution in [3.63, 3.8) is 0 Å². The molecular formula is C17H13F2N3O. The second kappa shape index (κ2) is 6.39. The highest BCUT2D eigenvalue weighted by Gasteiger charge is 2.08. The topological polar surface area (TPSA) is 46.9 Å². The average molecular weight is 313 g/mol. The van der Waals surface area contributed by atoms with E-state index in [0.29, 0.717) is 16.8 Å². The first kappa shape index (κ1) is 14.9. The molecule has 0 spiro atoms. The van der Waals surface area contributed by atoms with Gasteiger partial charge in [0.25, 0.3) is 5.91 Å². The summed E-state index contributed by atoms with van der Waals surface area (Å²) in [6.07, 6.45) is 3.08. The van der Waals surface area contributed by atoms with Gasteiger partial charge in [-0.3, -0.25) is 9.48 Å². The van der Waals surface area contributed by atoms with Crippen LogP contribution in [0, 0.1) is 11.6 Å². The second-order valence-corrected chi connectivity index (χ2v) is 4.98. The van der Waals surface area contributed by atoms with Gasteiger partial charge < -0.3 is 5.32 Å². The van der Waals surface area contributed by atoms with Crippen LogP contribution in [-0.2, 0) is 6.54 Å². The van der Waals surface area contributed by atoms with E-state index in [-0.39, 0.29) is 18.3 Å². The Balaban J connectivity index is 1.68. The molecule has 1 amide bonds. The summed E-state index contributed by atoms with van der Waals surface area (Å²) in [5, 5.41) is 6.75. The second-order valence-electron chi connectivity index (χ2n) is 4.98. The normalized spacial score (nSPS) is 10.5. The van der Waals surface area contributed by atoms with Gasteiger partial charge in [0.15, 0.2) is 0 Å². The van der Waals surface area contributed by atoms with Crippen LogP contribution < -0.4 is 5.32 Å². The third-order valence-electron chi connectivity index (χ3n) is 3.29. The highest BCUT2D eigenvalue weighted by molar-refractivity contribution is 6.04. The highest BCUT2D eigenvalue weighted by atomic mass is 19.1. The van der Waals surface area contributed by atoms with E-state index in [1.54, 1.807) is 24.4 Å². The number of hydrogen-bond acceptors (Lipinski definition) is 2. The molecule has 0 aliphatic rings. The molecule has 1 N–H and O–H groups in total. The highest BCUT2D eigenvalue weighted by Crippen LogP contribution is 2.12. The number of nitrogens with one attached hydrogen (secondary N) is 1. The van der Waals surface area contributed by atoms with E-state index >= 15 is 0 Å². The Kier molecular flexibility index (Phi) is 4.14. The van der Waals surface area contributed by atoms with Crippen LogP contribution in [0.3, 0.4) is 0 Å². The molecule has 0 fully saturated rings. The zero-order valence-corrected chi connectivity index (χ0v) is 12.0. The van der Waals surface area contributed by atoms with Gasteiger partial charge in [0.1, 0.15) is 11.6 Å². The van der Waals surface area contributed by atoms with Gasteiger partial charge in [0.2, 0.25) is 0 Å². The number of amides is 1. The summed E-state index contributed by atoms with van der Waals surface area (Å²) in [5.74, 6) is -1.07. The molecule has 6 heteroatoms. The number of nitrogens with zero attached hydrogens (tertiary/aromatic N) is 2. The first-order valence-corrected chi connectivity index (χ1v) is 6.94. The lowest BCUT2D eigenvalue weighted by atomic mass is 10.2. The van der Waals surface area contributed by atoms with Gasteiger partial charge in [-0.25, -0.2) is 8.78 Å². The third-order valence-corrected chi connectivity index (χ3v) is 3.29. The van der Waals surface area contributed by atoms with Crippen LogP contribution in [0.5, 0.6) is 0 Å². The molecular weight excluding hydrogens is 300 g/mol. The van der Waals surface area contributed by atoms with Crippen molar-refractivity contribution in [2.75, 3.05) is 5.32 Å². The Bertz CT molecular complexity index is 828. The van der Waals surface area contributed by atoms with Crippen LogP contribution in [0.2, 0.25) is 0 Å². The van der Waals surface area contributed by atoms with Crippen LogP contribution >= 0.6 is 0 Å². The molecule has 3 aromatic rings. The van der Waals surface area contributed by atoms with Crippen LogP contribution in [-0.4, -0.2) is 15.7 Å². The van der Waals surface area contributed by atoms with Crippen molar-refractivity contribution in [3.05, 3.63) is 83.7 Å². The first-order chi connectivity index (χ1) is 11.1. The van der Waals surface area contributed by atoms with Crippen molar-refractivity contribution >= 4 is 11.6 Å². The Morgan fingerprint density at radius 1 is 1.09 bits per heavy atom. The minimum atomic E-state index is -0.403. The van der Waals surface area contributed by atoms with E-state index in [2.05, 4.69) is 10.4 Å². The molecule has 0 bridgehead atoms. The van der Waals surface area contributed by atoms with E-state index in [1.165, 1.54) is 41.2 Å². The summed E-state index contributed by atoms with van der Waals surface area (Å²) < 4.78 is 28.0. The predicted octanol–water partition coefficient (Wildman–Crippen LogP) is 3.46. The van der Waals surface area contributed by atoms with Gasteiger partial charge in [-0.05, 0) is 30.3 Å². The maximum Gasteiger partial charge on any atom is 0.255 e. The number of hydrogen-bond donors (Lipinski definition) is 1. The number of benzene rings is 2. The van der Waals surface area contributed by atoms with Crippen molar-refractivity contribution in [2.24, 2.45) is 0 Å². The zero-order chi connectivity index (χ0) is 16.2. The van der Waals surface area contributed by atoms with Crippen LogP contribution in [0.1, 0.15) is 15.9 Å². The van der Waals surface area contributed by atoms with Crippen molar-refractivity contribution in [3.8, 4) is 0 Å². The Morgan fingerprint density at radius 2 is 1.83 bits per heavy atom. The third kappa shape index (κ3) is 3.60. The lowest BCUT2D eigenvalue weighted by Crippen LogP contribution is -2.11. The molecule has 1 aromatic heterocycles. The molecule has 0 unspecified atom stereocenters. The fourth-order valence-corrected chi connectivity index (χ4v) is 2.12. The van der Waals surface area contributed by atoms with E-state index in [0.717, 1.165) is 0 Å². The fourth-order valence-electron chi connectivity index (χ4n) is 2.12. The molecule has 0 aliphatic carbocycles. The quantitative estimate of drug-likeness (QED) is 0.802. The van der Waals surface area contributed by atoms with Crippen molar-refractivity contribution < 1.29 is 13.6 Å². The number of rotatable bonds is 4. The Labute approximate surface area is 131 Å². The monoisotopic (exact) mass is 313 g/mol. The Morgan fingerprint density at radius 3 is 2.57 bits per heavy atom. The fraction of sp³-hybridized carbons (Fsp3) is 0.0588. The lowest BCUT2D eigenvalue weighted by molar-refractivity contribution is 0.102. The smallest absolute Gasteiger partial charge is 0.255 e. The molecule has 0 atom stereocenters. The average Bonchev–Trinajstić information content (AvgIpc) is 2.97. The van der Waals surface area contributed by atoms with Crippen LogP contribution in [0.25, 0.3) is 0 Å². The molecule has 116 valence electrons. The number of carbonyl (C=O) groups excluding carboxylic acids is 1. The number of aromatic nitrogens is 2. The SMILES string of the molecule is O=C(Nc1cnn(Cc2ccccc2F)c1)c1ccc(F)cc1. The summed E-state index contributed by atoms with van der Waals surface area (Å²) in [5.41, 5.74) is 1.33. The minimum Gasteiger partial charge on any atom is -0.319 e. The molecule has 3 rings (SSSR count). The van der Waals surface area contributed by atoms with Gasteiger partial charge in [0, 0.05) is 17.3 Å². The molecule has 1 heterocycles. The number of carbonyl (C=O) groups is 1. The molecule has 4 nitrogen and oxygen atoms in total. The van der Waals surface area contributed by atoms with E-state index in [1.807, 2.05) is 0 Å². The summed E-state index contributed by atoms with van der Waals surface area (Å²) in [4.78, 5) is 12.0. The van der Waals surface area contributed by atoms with Crippen molar-refractivity contribution in [2.45, 2.75) is 6.54 Å². The standard InChI is InChI=1S/C17H13F2N3O/c18-14-7-5-12(6-8-14)17(23)21-15-9-20-22(11-15)10-13-3-1-2-4-16(13)19/h1-9,11H,10H2,(H,21,23). The first-order valence-electron chi connectivity index (χ1n) is 6.94. The predicted molar refractivity (Wildman–Crippen MR) is 82.1 cm³/mol. The number of anilines is 1. The molecule has 0 aliphatic heterocycles. The van der Waals surface area contributed by atoms with E-state index in [4.69, 9.17) is 0 Å². The van der Waals surface area contributed by atoms with Gasteiger partial charge in [-0.15, -0.1) is 0 Å². The van der Waals surface area contributed by atoms with E-state index in [9.17, 15) is 13.6 Å². The van der Waals surface area contributed by atoms with Crippen LogP contribution in [0.15, 0.2) is 60.9 Å². The van der Waals surface area contributed by atoms with Gasteiger partial charge in [0.05, 0.1) is 18.4 Å². The van der Waals surface area contributed by atoms with Crippen molar-refractivity contribution in [1.82, 2.24) is 9.78 Å². The van der Waals surface area contributed by atoms with Gasteiger partial charge in [-0.1, -0.05) is 18.2 Å². The maximum atomic E-state index is 13.6. The Hall–Kier alpha value is -3.02. The molecule has 0 radical (unpaired) electrons. The molecule has 0 saturated carbocycles. The summed E-state index contributed by atoms with van der Waals surface area (Å²) in [7, 11) is 0. The summed E-state index contributed by atoms with van der Waals surface area (Å²) in [6.45, 7) is 0.263. The van der Waals surface area contributed by atoms with Crippen LogP contribution in [0.4, 0.5) is 14.5 Å². The zero-order valence-electron chi connectivity index (χ0n) is 12.0. The van der Waals surface area contributed by atoms with E-state index < -0.39 is 5.82 Å². The van der Waals surface area contributed by atoms with Gasteiger partial charge in [-0.2, -0.15) is 5.10 Å².